The molecule has 1 amide bonds. The number of amides is 1. The van der Waals surface area contributed by atoms with Crippen LogP contribution in [0.5, 0.6) is 11.5 Å². The van der Waals surface area contributed by atoms with Crippen molar-refractivity contribution in [3.63, 3.8) is 0 Å². The van der Waals surface area contributed by atoms with Gasteiger partial charge in [-0.15, -0.1) is 0 Å². The molecule has 0 aliphatic carbocycles. The fourth-order valence-corrected chi connectivity index (χ4v) is 3.87. The largest absolute Gasteiger partial charge is 0.508 e. The third-order valence-electron chi connectivity index (χ3n) is 3.18. The molecule has 0 bridgehead atoms. The zero-order chi connectivity index (χ0) is 14.0. The molecule has 1 atom stereocenters. The third-order valence-corrected chi connectivity index (χ3v) is 5.45. The van der Waals surface area contributed by atoms with Crippen molar-refractivity contribution < 1.29 is 23.4 Å². The van der Waals surface area contributed by atoms with Crippen LogP contribution in [0.4, 0.5) is 0 Å². The van der Waals surface area contributed by atoms with Crippen LogP contribution in [0, 0.1) is 0 Å². The summed E-state index contributed by atoms with van der Waals surface area (Å²) in [5.74, 6) is -0.878. The summed E-state index contributed by atoms with van der Waals surface area (Å²) in [6, 6.07) is 3.62. The number of sulfone groups is 1. The Kier molecular flexibility index (Phi) is 3.66. The van der Waals surface area contributed by atoms with E-state index in [-0.39, 0.29) is 29.4 Å². The van der Waals surface area contributed by atoms with Crippen LogP contribution in [0.15, 0.2) is 18.2 Å². The van der Waals surface area contributed by atoms with Crippen LogP contribution in [0.1, 0.15) is 23.2 Å². The minimum Gasteiger partial charge on any atom is -0.508 e. The van der Waals surface area contributed by atoms with Gasteiger partial charge < -0.3 is 15.5 Å². The van der Waals surface area contributed by atoms with E-state index in [4.69, 9.17) is 5.11 Å². The Morgan fingerprint density at radius 1 is 1.37 bits per heavy atom. The summed E-state index contributed by atoms with van der Waals surface area (Å²) in [6.45, 7) is 0.0431. The topological polar surface area (TPSA) is 104 Å². The summed E-state index contributed by atoms with van der Waals surface area (Å²) in [7, 11) is -3.10. The maximum absolute atomic E-state index is 11.8. The zero-order valence-electron chi connectivity index (χ0n) is 10.2. The highest BCUT2D eigenvalue weighted by Crippen LogP contribution is 2.23. The van der Waals surface area contributed by atoms with E-state index in [2.05, 4.69) is 5.32 Å². The molecule has 1 heterocycles. The molecule has 6 nitrogen and oxygen atoms in total. The summed E-state index contributed by atoms with van der Waals surface area (Å²) >= 11 is 0. The molecule has 1 aromatic rings. The number of carbonyl (C=O) groups is 1. The number of hydrogen-bond acceptors (Lipinski definition) is 5. The van der Waals surface area contributed by atoms with Crippen molar-refractivity contribution in [1.29, 1.82) is 0 Å². The Balaban J connectivity index is 2.02. The molecule has 7 heteroatoms. The number of aromatic hydroxyl groups is 2. The van der Waals surface area contributed by atoms with Gasteiger partial charge >= 0.3 is 0 Å². The number of carbonyl (C=O) groups excluding carboxylic acids is 1. The van der Waals surface area contributed by atoms with Crippen molar-refractivity contribution in [3.05, 3.63) is 23.8 Å². The molecular formula is C12H15NO5S. The second-order valence-corrected chi connectivity index (χ2v) is 6.94. The summed E-state index contributed by atoms with van der Waals surface area (Å²) in [4.78, 5) is 11.8. The van der Waals surface area contributed by atoms with Gasteiger partial charge in [0.15, 0.2) is 9.84 Å². The van der Waals surface area contributed by atoms with Crippen molar-refractivity contribution in [3.8, 4) is 11.5 Å². The van der Waals surface area contributed by atoms with E-state index in [1.54, 1.807) is 0 Å². The van der Waals surface area contributed by atoms with Crippen molar-refractivity contribution in [2.24, 2.45) is 0 Å². The molecular weight excluding hydrogens is 270 g/mol. The van der Waals surface area contributed by atoms with E-state index >= 15 is 0 Å². The molecule has 3 N–H and O–H groups in total. The molecule has 1 unspecified atom stereocenters. The van der Waals surface area contributed by atoms with Crippen LogP contribution in [-0.2, 0) is 9.84 Å². The highest BCUT2D eigenvalue weighted by Gasteiger charge is 2.31. The van der Waals surface area contributed by atoms with E-state index in [9.17, 15) is 18.3 Å². The summed E-state index contributed by atoms with van der Waals surface area (Å²) < 4.78 is 23.2. The predicted molar refractivity (Wildman–Crippen MR) is 68.9 cm³/mol. The summed E-state index contributed by atoms with van der Waals surface area (Å²) in [5, 5.41) is 20.6. The molecule has 1 aliphatic heterocycles. The number of rotatable bonds is 3. The molecule has 1 saturated heterocycles. The van der Waals surface area contributed by atoms with Gasteiger partial charge in [0, 0.05) is 12.6 Å². The predicted octanol–water partition coefficient (Wildman–Crippen LogP) is 0.405. The average Bonchev–Trinajstić information content (AvgIpc) is 2.65. The molecule has 19 heavy (non-hydrogen) atoms. The normalized spacial score (nSPS) is 21.2. The maximum Gasteiger partial charge on any atom is 0.255 e. The Morgan fingerprint density at radius 3 is 2.68 bits per heavy atom. The van der Waals surface area contributed by atoms with Gasteiger partial charge in [-0.2, -0.15) is 0 Å². The maximum atomic E-state index is 11.8. The van der Waals surface area contributed by atoms with Crippen LogP contribution in [0.2, 0.25) is 0 Å². The molecule has 2 rings (SSSR count). The number of hydrogen-bond donors (Lipinski definition) is 3. The van der Waals surface area contributed by atoms with Crippen LogP contribution in [0.25, 0.3) is 0 Å². The average molecular weight is 285 g/mol. The standard InChI is InChI=1S/C12H15NO5S/c14-8-3-4-10(11(15)6-8)12(16)13-7-9-2-1-5-19(9,17)18/h3-4,6,9,14-15H,1-2,5,7H2,(H,13,16). The van der Waals surface area contributed by atoms with Crippen LogP contribution in [0.3, 0.4) is 0 Å². The molecule has 1 fully saturated rings. The molecule has 104 valence electrons. The third kappa shape index (κ3) is 2.98. The Labute approximate surface area is 111 Å². The van der Waals surface area contributed by atoms with Gasteiger partial charge in [0.2, 0.25) is 0 Å². The summed E-state index contributed by atoms with van der Waals surface area (Å²) in [6.07, 6.45) is 1.16. The lowest BCUT2D eigenvalue weighted by Gasteiger charge is -2.11. The van der Waals surface area contributed by atoms with Gasteiger partial charge in [-0.05, 0) is 25.0 Å². The SMILES string of the molecule is O=C(NCC1CCCS1(=O)=O)c1ccc(O)cc1O. The van der Waals surface area contributed by atoms with Crippen LogP contribution in [-0.4, -0.2) is 42.1 Å². The molecule has 0 radical (unpaired) electrons. The minimum absolute atomic E-state index is 0.00759. The number of benzene rings is 1. The van der Waals surface area contributed by atoms with Gasteiger partial charge in [0.1, 0.15) is 11.5 Å². The second-order valence-electron chi connectivity index (χ2n) is 4.54. The highest BCUT2D eigenvalue weighted by molar-refractivity contribution is 7.92. The van der Waals surface area contributed by atoms with E-state index < -0.39 is 21.0 Å². The van der Waals surface area contributed by atoms with E-state index in [1.165, 1.54) is 12.1 Å². The van der Waals surface area contributed by atoms with Gasteiger partial charge in [-0.1, -0.05) is 0 Å². The van der Waals surface area contributed by atoms with Crippen LogP contribution >= 0.6 is 0 Å². The second kappa shape index (κ2) is 5.08. The first kappa shape index (κ1) is 13.7. The van der Waals surface area contributed by atoms with Crippen molar-refractivity contribution in [2.45, 2.75) is 18.1 Å². The number of nitrogens with one attached hydrogen (secondary N) is 1. The molecule has 1 aromatic carbocycles. The smallest absolute Gasteiger partial charge is 0.255 e. The first-order valence-electron chi connectivity index (χ1n) is 5.92. The number of phenols is 2. The highest BCUT2D eigenvalue weighted by atomic mass is 32.2. The molecule has 1 aliphatic rings. The van der Waals surface area contributed by atoms with Crippen molar-refractivity contribution in [1.82, 2.24) is 5.32 Å². The minimum atomic E-state index is -3.10. The lowest BCUT2D eigenvalue weighted by atomic mass is 10.1. The Hall–Kier alpha value is -1.76. The number of phenolic OH excluding ortho intramolecular Hbond substituents is 2. The van der Waals surface area contributed by atoms with E-state index in [0.29, 0.717) is 12.8 Å². The fourth-order valence-electron chi connectivity index (χ4n) is 2.10. The Bertz CT molecular complexity index is 596. The molecule has 0 spiro atoms. The van der Waals surface area contributed by atoms with Crippen molar-refractivity contribution >= 4 is 15.7 Å². The van der Waals surface area contributed by atoms with Gasteiger partial charge in [0.25, 0.3) is 5.91 Å². The first-order valence-corrected chi connectivity index (χ1v) is 7.63. The van der Waals surface area contributed by atoms with Gasteiger partial charge in [0.05, 0.1) is 16.6 Å². The summed E-state index contributed by atoms with van der Waals surface area (Å²) in [5.41, 5.74) is 0.00759. The lowest BCUT2D eigenvalue weighted by Crippen LogP contribution is -2.34. The zero-order valence-corrected chi connectivity index (χ0v) is 11.0. The van der Waals surface area contributed by atoms with Crippen LogP contribution < -0.4 is 5.32 Å². The van der Waals surface area contributed by atoms with Gasteiger partial charge in [-0.3, -0.25) is 4.79 Å². The van der Waals surface area contributed by atoms with E-state index in [1.807, 2.05) is 0 Å². The fraction of sp³-hybridized carbons (Fsp3) is 0.417. The molecule has 0 saturated carbocycles. The lowest BCUT2D eigenvalue weighted by molar-refractivity contribution is 0.0951. The molecule has 0 aromatic heterocycles. The quantitative estimate of drug-likeness (QED) is 0.746. The first-order chi connectivity index (χ1) is 8.90. The van der Waals surface area contributed by atoms with E-state index in [0.717, 1.165) is 6.07 Å². The monoisotopic (exact) mass is 285 g/mol. The Morgan fingerprint density at radius 2 is 2.11 bits per heavy atom. The van der Waals surface area contributed by atoms with Gasteiger partial charge in [-0.25, -0.2) is 8.42 Å². The van der Waals surface area contributed by atoms with Crippen molar-refractivity contribution in [2.75, 3.05) is 12.3 Å².